The van der Waals surface area contributed by atoms with Crippen molar-refractivity contribution in [3.05, 3.63) is 29.8 Å². The van der Waals surface area contributed by atoms with Crippen molar-refractivity contribution in [2.24, 2.45) is 17.3 Å². The van der Waals surface area contributed by atoms with Gasteiger partial charge in [0, 0.05) is 16.5 Å². The van der Waals surface area contributed by atoms with Gasteiger partial charge in [0.2, 0.25) is 0 Å². The van der Waals surface area contributed by atoms with E-state index in [4.69, 9.17) is 4.65 Å². The Hall–Kier alpha value is -1.77. The molecule has 0 amide bonds. The average molecular weight is 322 g/mol. The first-order valence-electron chi connectivity index (χ1n) is 8.73. The van der Waals surface area contributed by atoms with Gasteiger partial charge >= 0.3 is 7.12 Å². The lowest BCUT2D eigenvalue weighted by atomic mass is 9.44. The molecule has 0 saturated heterocycles. The van der Waals surface area contributed by atoms with Crippen molar-refractivity contribution in [1.82, 2.24) is 4.98 Å². The number of hydrogen-bond acceptors (Lipinski definition) is 3. The van der Waals surface area contributed by atoms with Gasteiger partial charge in [-0.25, -0.2) is 0 Å². The summed E-state index contributed by atoms with van der Waals surface area (Å²) in [5.74, 6) is 1.28. The second kappa shape index (κ2) is 5.11. The van der Waals surface area contributed by atoms with Crippen molar-refractivity contribution in [2.75, 3.05) is 0 Å². The number of hydrogen-bond donors (Lipinski definition) is 2. The van der Waals surface area contributed by atoms with E-state index in [1.165, 1.54) is 6.42 Å². The van der Waals surface area contributed by atoms with Crippen LogP contribution in [0.3, 0.4) is 0 Å². The molecule has 5 heteroatoms. The van der Waals surface area contributed by atoms with Crippen molar-refractivity contribution in [2.45, 2.75) is 45.6 Å². The minimum Gasteiger partial charge on any atom is -0.422 e. The highest BCUT2D eigenvalue weighted by Gasteiger charge is 2.60. The molecule has 2 aromatic rings. The van der Waals surface area contributed by atoms with Crippen molar-refractivity contribution >= 4 is 23.6 Å². The van der Waals surface area contributed by atoms with E-state index in [-0.39, 0.29) is 5.60 Å². The van der Waals surface area contributed by atoms with Crippen LogP contribution in [0.2, 0.25) is 0 Å². The largest absolute Gasteiger partial charge is 0.508 e. The Kier molecular flexibility index (Phi) is 3.35. The molecule has 3 aliphatic rings. The maximum atomic E-state index is 10.7. The fraction of sp³-hybridized carbons (Fsp3) is 0.526. The van der Waals surface area contributed by atoms with Gasteiger partial charge in [-0.1, -0.05) is 19.9 Å². The summed E-state index contributed by atoms with van der Waals surface area (Å²) in [7, 11) is -0.998. The molecule has 0 aliphatic heterocycles. The van der Waals surface area contributed by atoms with E-state index in [0.717, 1.165) is 29.7 Å². The van der Waals surface area contributed by atoms with Crippen LogP contribution in [0.1, 0.15) is 45.6 Å². The van der Waals surface area contributed by atoms with Crippen LogP contribution in [0.5, 0.6) is 0 Å². The highest BCUT2D eigenvalue weighted by molar-refractivity contribution is 6.59. The van der Waals surface area contributed by atoms with E-state index in [0.29, 0.717) is 22.5 Å². The van der Waals surface area contributed by atoms with Crippen LogP contribution in [0.25, 0.3) is 10.9 Å². The Morgan fingerprint density at radius 3 is 2.83 bits per heavy atom. The zero-order chi connectivity index (χ0) is 17.1. The minimum absolute atomic E-state index is 0.293. The van der Waals surface area contributed by atoms with Crippen LogP contribution in [0.4, 0.5) is 0 Å². The number of aromatic amines is 1. The third kappa shape index (κ3) is 2.13. The number of fused-ring (bicyclic) bond motifs is 3. The number of H-pyrrole nitrogens is 1. The van der Waals surface area contributed by atoms with Crippen molar-refractivity contribution in [3.8, 4) is 6.07 Å². The van der Waals surface area contributed by atoms with Crippen LogP contribution in [-0.4, -0.2) is 22.7 Å². The predicted molar refractivity (Wildman–Crippen MR) is 94.7 cm³/mol. The van der Waals surface area contributed by atoms with Gasteiger partial charge in [0.25, 0.3) is 0 Å². The second-order valence-corrected chi connectivity index (χ2v) is 8.23. The Morgan fingerprint density at radius 2 is 2.17 bits per heavy atom. The van der Waals surface area contributed by atoms with Gasteiger partial charge in [-0.15, -0.1) is 0 Å². The maximum absolute atomic E-state index is 10.7. The molecule has 2 bridgehead atoms. The Labute approximate surface area is 143 Å². The van der Waals surface area contributed by atoms with Gasteiger partial charge in [0.1, 0.15) is 0 Å². The van der Waals surface area contributed by atoms with Crippen LogP contribution in [0.15, 0.2) is 24.3 Å². The number of nitrogens with one attached hydrogen (secondary N) is 1. The van der Waals surface area contributed by atoms with E-state index in [1.807, 2.05) is 18.2 Å². The predicted octanol–water partition coefficient (Wildman–Crippen LogP) is 2.96. The molecule has 0 radical (unpaired) electrons. The molecule has 3 atom stereocenters. The van der Waals surface area contributed by atoms with Crippen molar-refractivity contribution in [1.29, 1.82) is 5.26 Å². The Morgan fingerprint density at radius 1 is 1.38 bits per heavy atom. The smallest absolute Gasteiger partial charge is 0.422 e. The molecule has 0 unspecified atom stereocenters. The molecule has 2 N–H and O–H groups in total. The van der Waals surface area contributed by atoms with Crippen LogP contribution < -0.4 is 5.59 Å². The molecular weight excluding hydrogens is 299 g/mol. The molecule has 3 aliphatic carbocycles. The standard InChI is InChI=1S/C19H23BN2O2/c1-18(2)13-7-8-19(3,16(18)9-13)24-20(23)17-10-14-12(11-21)5-4-6-15(14)22-17/h4-6,10,13,16,22-23H,7-9H2,1-3H3/t13-,16-,19-/m0/s1. The first kappa shape index (κ1) is 15.7. The summed E-state index contributed by atoms with van der Waals surface area (Å²) in [6.45, 7) is 6.78. The van der Waals surface area contributed by atoms with E-state index in [1.54, 1.807) is 6.07 Å². The maximum Gasteiger partial charge on any atom is 0.508 e. The SMILES string of the molecule is CC1(C)[C@H]2CC[C@](C)(OB(O)c3cc4c(C#N)cccc4[nH]3)[C@H]1C2. The van der Waals surface area contributed by atoms with Gasteiger partial charge in [0.05, 0.1) is 17.2 Å². The zero-order valence-electron chi connectivity index (χ0n) is 14.5. The molecule has 3 saturated carbocycles. The van der Waals surface area contributed by atoms with Gasteiger partial charge in [-0.3, -0.25) is 0 Å². The molecule has 5 rings (SSSR count). The molecule has 3 fully saturated rings. The van der Waals surface area contributed by atoms with E-state index in [9.17, 15) is 10.3 Å². The molecule has 4 nitrogen and oxygen atoms in total. The molecule has 24 heavy (non-hydrogen) atoms. The summed E-state index contributed by atoms with van der Waals surface area (Å²) in [5, 5.41) is 20.7. The van der Waals surface area contributed by atoms with Crippen LogP contribution >= 0.6 is 0 Å². The number of benzene rings is 1. The van der Waals surface area contributed by atoms with Gasteiger partial charge in [-0.2, -0.15) is 5.26 Å². The monoisotopic (exact) mass is 322 g/mol. The fourth-order valence-corrected chi connectivity index (χ4v) is 5.04. The third-order valence-electron chi connectivity index (χ3n) is 6.65. The first-order chi connectivity index (χ1) is 11.3. The molecule has 1 aromatic carbocycles. The van der Waals surface area contributed by atoms with Crippen molar-refractivity contribution in [3.63, 3.8) is 0 Å². The normalized spacial score (nSPS) is 30.6. The fourth-order valence-electron chi connectivity index (χ4n) is 5.04. The summed E-state index contributed by atoms with van der Waals surface area (Å²) in [6.07, 6.45) is 3.35. The lowest BCUT2D eigenvalue weighted by molar-refractivity contribution is -0.185. The first-order valence-corrected chi connectivity index (χ1v) is 8.73. The minimum atomic E-state index is -0.998. The molecule has 124 valence electrons. The van der Waals surface area contributed by atoms with Gasteiger partial charge in [-0.05, 0) is 61.6 Å². The molecule has 1 aromatic heterocycles. The number of rotatable bonds is 3. The van der Waals surface area contributed by atoms with Crippen molar-refractivity contribution < 1.29 is 9.68 Å². The molecule has 0 spiro atoms. The summed E-state index contributed by atoms with van der Waals surface area (Å²) in [5.41, 5.74) is 2.07. The topological polar surface area (TPSA) is 69.0 Å². The third-order valence-corrected chi connectivity index (χ3v) is 6.65. The highest BCUT2D eigenvalue weighted by atomic mass is 16.5. The van der Waals surface area contributed by atoms with E-state index < -0.39 is 7.12 Å². The Bertz CT molecular complexity index is 835. The number of nitrogens with zero attached hydrogens (tertiary/aromatic N) is 1. The lowest BCUT2D eigenvalue weighted by Crippen LogP contribution is -2.63. The van der Waals surface area contributed by atoms with Crippen LogP contribution in [-0.2, 0) is 4.65 Å². The average Bonchev–Trinajstić information content (AvgIpc) is 2.98. The molecule has 1 heterocycles. The zero-order valence-corrected chi connectivity index (χ0v) is 14.5. The lowest BCUT2D eigenvalue weighted by Gasteiger charge is -2.64. The Balaban J connectivity index is 1.61. The highest BCUT2D eigenvalue weighted by Crippen LogP contribution is 2.63. The van der Waals surface area contributed by atoms with Gasteiger partial charge < -0.3 is 14.7 Å². The summed E-state index contributed by atoms with van der Waals surface area (Å²) in [4.78, 5) is 3.20. The van der Waals surface area contributed by atoms with Crippen LogP contribution in [0, 0.1) is 28.6 Å². The summed E-state index contributed by atoms with van der Waals surface area (Å²) in [6, 6.07) is 9.56. The quantitative estimate of drug-likeness (QED) is 0.854. The second-order valence-electron chi connectivity index (χ2n) is 8.23. The van der Waals surface area contributed by atoms with E-state index in [2.05, 4.69) is 31.8 Å². The summed E-state index contributed by atoms with van der Waals surface area (Å²) >= 11 is 0. The van der Waals surface area contributed by atoms with Gasteiger partial charge in [0.15, 0.2) is 0 Å². The number of nitriles is 1. The number of aromatic nitrogens is 1. The summed E-state index contributed by atoms with van der Waals surface area (Å²) < 4.78 is 6.20. The molecular formula is C19H23BN2O2. The van der Waals surface area contributed by atoms with E-state index >= 15 is 0 Å².